The maximum Gasteiger partial charge on any atom is 0.122 e. The Balaban J connectivity index is 1.59. The second-order valence-corrected chi connectivity index (χ2v) is 6.22. The van der Waals surface area contributed by atoms with Crippen LogP contribution in [-0.2, 0) is 6.42 Å². The first-order chi connectivity index (χ1) is 8.85. The number of rotatable bonds is 3. The second kappa shape index (κ2) is 3.99. The van der Waals surface area contributed by atoms with E-state index in [1.54, 1.807) is 0 Å². The smallest absolute Gasteiger partial charge is 0.122 e. The molecule has 1 aliphatic heterocycles. The molecule has 0 aromatic heterocycles. The van der Waals surface area contributed by atoms with Crippen molar-refractivity contribution in [1.82, 2.24) is 5.32 Å². The summed E-state index contributed by atoms with van der Waals surface area (Å²) in [5.74, 6) is 4.06. The minimum absolute atomic E-state index is 0.545. The third-order valence-corrected chi connectivity index (χ3v) is 5.14. The first-order valence-electron chi connectivity index (χ1n) is 7.28. The van der Waals surface area contributed by atoms with E-state index in [0.29, 0.717) is 6.04 Å². The molecule has 3 atom stereocenters. The molecule has 1 heterocycles. The van der Waals surface area contributed by atoms with Crippen molar-refractivity contribution in [3.63, 3.8) is 0 Å². The molecular weight excluding hydrogens is 222 g/mol. The predicted octanol–water partition coefficient (Wildman–Crippen LogP) is 2.93. The van der Waals surface area contributed by atoms with Crippen LogP contribution in [0.2, 0.25) is 0 Å². The average molecular weight is 243 g/mol. The molecule has 2 fully saturated rings. The summed E-state index contributed by atoms with van der Waals surface area (Å²) in [6.45, 7) is 0.858. The van der Waals surface area contributed by atoms with E-state index in [2.05, 4.69) is 30.6 Å². The highest BCUT2D eigenvalue weighted by Gasteiger charge is 2.47. The minimum Gasteiger partial charge on any atom is -0.493 e. The number of hydrogen-bond donors (Lipinski definition) is 1. The highest BCUT2D eigenvalue weighted by Crippen LogP contribution is 2.57. The summed E-state index contributed by atoms with van der Waals surface area (Å²) >= 11 is 0. The molecule has 2 saturated carbocycles. The molecule has 0 bridgehead atoms. The van der Waals surface area contributed by atoms with Crippen LogP contribution in [-0.4, -0.2) is 13.7 Å². The standard InChI is InChI=1S/C16H21NO/c1-17-16(14-8-12-7-13(12)9-14)11-2-3-15-10(6-11)4-5-18-15/h2-3,6,12-14,16-17H,4-5,7-9H2,1H3. The van der Waals surface area contributed by atoms with Gasteiger partial charge in [0.15, 0.2) is 0 Å². The van der Waals surface area contributed by atoms with Crippen molar-refractivity contribution in [2.24, 2.45) is 17.8 Å². The summed E-state index contributed by atoms with van der Waals surface area (Å²) in [4.78, 5) is 0. The van der Waals surface area contributed by atoms with Crippen molar-refractivity contribution >= 4 is 0 Å². The molecule has 4 rings (SSSR count). The lowest BCUT2D eigenvalue weighted by atomic mass is 9.88. The van der Waals surface area contributed by atoms with E-state index in [9.17, 15) is 0 Å². The Labute approximate surface area is 109 Å². The zero-order chi connectivity index (χ0) is 12.1. The third kappa shape index (κ3) is 1.66. The molecule has 3 unspecified atom stereocenters. The third-order valence-electron chi connectivity index (χ3n) is 5.14. The summed E-state index contributed by atoms with van der Waals surface area (Å²) in [5.41, 5.74) is 2.86. The van der Waals surface area contributed by atoms with Crippen molar-refractivity contribution in [1.29, 1.82) is 0 Å². The van der Waals surface area contributed by atoms with E-state index in [-0.39, 0.29) is 0 Å². The average Bonchev–Trinajstić information content (AvgIpc) is 2.82. The Morgan fingerprint density at radius 2 is 2.06 bits per heavy atom. The van der Waals surface area contributed by atoms with Crippen LogP contribution in [0, 0.1) is 17.8 Å². The van der Waals surface area contributed by atoms with Crippen LogP contribution in [0.5, 0.6) is 5.75 Å². The normalized spacial score (nSPS) is 33.7. The van der Waals surface area contributed by atoms with Gasteiger partial charge in [-0.1, -0.05) is 12.1 Å². The van der Waals surface area contributed by atoms with Crippen LogP contribution in [0.3, 0.4) is 0 Å². The van der Waals surface area contributed by atoms with Crippen molar-refractivity contribution in [3.8, 4) is 5.75 Å². The lowest BCUT2D eigenvalue weighted by Crippen LogP contribution is -2.24. The summed E-state index contributed by atoms with van der Waals surface area (Å²) < 4.78 is 5.60. The second-order valence-electron chi connectivity index (χ2n) is 6.22. The van der Waals surface area contributed by atoms with Crippen molar-refractivity contribution in [2.45, 2.75) is 31.7 Å². The van der Waals surface area contributed by atoms with Gasteiger partial charge in [-0.15, -0.1) is 0 Å². The van der Waals surface area contributed by atoms with E-state index >= 15 is 0 Å². The van der Waals surface area contributed by atoms with E-state index in [1.807, 2.05) is 0 Å². The molecule has 0 saturated heterocycles. The van der Waals surface area contributed by atoms with Gasteiger partial charge in [0.2, 0.25) is 0 Å². The van der Waals surface area contributed by atoms with Gasteiger partial charge in [0, 0.05) is 12.5 Å². The lowest BCUT2D eigenvalue weighted by Gasteiger charge is -2.25. The van der Waals surface area contributed by atoms with Crippen LogP contribution < -0.4 is 10.1 Å². The molecule has 0 amide bonds. The van der Waals surface area contributed by atoms with Crippen LogP contribution in [0.15, 0.2) is 18.2 Å². The molecular formula is C16H21NO. The molecule has 0 radical (unpaired) electrons. The molecule has 3 aliphatic rings. The maximum absolute atomic E-state index is 5.60. The zero-order valence-electron chi connectivity index (χ0n) is 11.0. The van der Waals surface area contributed by atoms with E-state index in [1.165, 1.54) is 30.4 Å². The van der Waals surface area contributed by atoms with Gasteiger partial charge < -0.3 is 10.1 Å². The van der Waals surface area contributed by atoms with Gasteiger partial charge in [0.1, 0.15) is 5.75 Å². The van der Waals surface area contributed by atoms with Gasteiger partial charge in [-0.25, -0.2) is 0 Å². The van der Waals surface area contributed by atoms with E-state index in [0.717, 1.165) is 36.5 Å². The first-order valence-corrected chi connectivity index (χ1v) is 7.28. The molecule has 96 valence electrons. The van der Waals surface area contributed by atoms with E-state index in [4.69, 9.17) is 4.74 Å². The number of nitrogens with one attached hydrogen (secondary N) is 1. The fraction of sp³-hybridized carbons (Fsp3) is 0.625. The molecule has 18 heavy (non-hydrogen) atoms. The quantitative estimate of drug-likeness (QED) is 0.881. The van der Waals surface area contributed by atoms with Crippen molar-refractivity contribution in [2.75, 3.05) is 13.7 Å². The Bertz CT molecular complexity index is 460. The monoisotopic (exact) mass is 243 g/mol. The lowest BCUT2D eigenvalue weighted by molar-refractivity contribution is 0.354. The van der Waals surface area contributed by atoms with Crippen LogP contribution >= 0.6 is 0 Å². The Morgan fingerprint density at radius 1 is 1.22 bits per heavy atom. The number of ether oxygens (including phenoxy) is 1. The Kier molecular flexibility index (Phi) is 2.41. The fourth-order valence-corrected chi connectivity index (χ4v) is 4.11. The van der Waals surface area contributed by atoms with Crippen LogP contribution in [0.4, 0.5) is 0 Å². The van der Waals surface area contributed by atoms with Gasteiger partial charge in [-0.05, 0) is 61.3 Å². The molecule has 1 aromatic rings. The summed E-state index contributed by atoms with van der Waals surface area (Å²) in [6.07, 6.45) is 5.45. The number of benzene rings is 1. The van der Waals surface area contributed by atoms with Crippen LogP contribution in [0.25, 0.3) is 0 Å². The summed E-state index contributed by atoms with van der Waals surface area (Å²) in [5, 5.41) is 3.55. The van der Waals surface area contributed by atoms with Gasteiger partial charge in [-0.3, -0.25) is 0 Å². The number of hydrogen-bond acceptors (Lipinski definition) is 2. The molecule has 2 aliphatic carbocycles. The predicted molar refractivity (Wildman–Crippen MR) is 71.8 cm³/mol. The van der Waals surface area contributed by atoms with Crippen LogP contribution in [0.1, 0.15) is 36.4 Å². The maximum atomic E-state index is 5.60. The highest BCUT2D eigenvalue weighted by molar-refractivity contribution is 5.41. The summed E-state index contributed by atoms with van der Waals surface area (Å²) in [7, 11) is 2.11. The fourth-order valence-electron chi connectivity index (χ4n) is 4.11. The van der Waals surface area contributed by atoms with Gasteiger partial charge in [0.25, 0.3) is 0 Å². The molecule has 1 N–H and O–H groups in total. The Morgan fingerprint density at radius 3 is 2.83 bits per heavy atom. The molecule has 2 nitrogen and oxygen atoms in total. The van der Waals surface area contributed by atoms with Crippen molar-refractivity contribution in [3.05, 3.63) is 29.3 Å². The molecule has 1 aromatic carbocycles. The Hall–Kier alpha value is -1.02. The van der Waals surface area contributed by atoms with Gasteiger partial charge in [-0.2, -0.15) is 0 Å². The minimum atomic E-state index is 0.545. The van der Waals surface area contributed by atoms with Gasteiger partial charge in [0.05, 0.1) is 6.61 Å². The summed E-state index contributed by atoms with van der Waals surface area (Å²) in [6, 6.07) is 7.34. The SMILES string of the molecule is CNC(c1ccc2c(c1)CCO2)C1CC2CC2C1. The largest absolute Gasteiger partial charge is 0.493 e. The van der Waals surface area contributed by atoms with Gasteiger partial charge >= 0.3 is 0 Å². The first kappa shape index (κ1) is 10.9. The molecule has 2 heteroatoms. The van der Waals surface area contributed by atoms with Crippen molar-refractivity contribution < 1.29 is 4.74 Å². The van der Waals surface area contributed by atoms with E-state index < -0.39 is 0 Å². The number of fused-ring (bicyclic) bond motifs is 2. The molecule has 0 spiro atoms. The zero-order valence-corrected chi connectivity index (χ0v) is 11.0. The highest BCUT2D eigenvalue weighted by atomic mass is 16.5. The topological polar surface area (TPSA) is 21.3 Å².